The van der Waals surface area contributed by atoms with E-state index in [4.69, 9.17) is 10.8 Å². The van der Waals surface area contributed by atoms with Gasteiger partial charge in [0, 0.05) is 5.69 Å². The van der Waals surface area contributed by atoms with Gasteiger partial charge in [-0.1, -0.05) is 6.07 Å². The van der Waals surface area contributed by atoms with Crippen LogP contribution in [0.2, 0.25) is 0 Å². The molecule has 2 aromatic rings. The molecule has 0 saturated heterocycles. The Morgan fingerprint density at radius 3 is 2.67 bits per heavy atom. The molecule has 0 atom stereocenters. The first-order chi connectivity index (χ1) is 7.18. The van der Waals surface area contributed by atoms with E-state index in [0.29, 0.717) is 5.69 Å². The molecule has 76 valence electrons. The molecule has 0 unspecified atom stereocenters. The topological polar surface area (TPSA) is 63.3 Å². The van der Waals surface area contributed by atoms with Crippen molar-refractivity contribution in [3.05, 3.63) is 40.6 Å². The lowest BCUT2D eigenvalue weighted by molar-refractivity contribution is 0.0698. The number of carboxylic acids is 1. The lowest BCUT2D eigenvalue weighted by Gasteiger charge is -2.03. The fraction of sp³-hybridized carbons (Fsp3) is 0. The number of aromatic carboxylic acids is 1. The van der Waals surface area contributed by atoms with Crippen molar-refractivity contribution in [2.24, 2.45) is 0 Å². The first kappa shape index (κ1) is 9.73. The number of anilines is 1. The van der Waals surface area contributed by atoms with Gasteiger partial charge in [0.15, 0.2) is 0 Å². The molecule has 0 spiro atoms. The molecule has 0 bridgehead atoms. The molecule has 4 heteroatoms. The Morgan fingerprint density at radius 1 is 1.27 bits per heavy atom. The van der Waals surface area contributed by atoms with E-state index >= 15 is 0 Å². The second-order valence-corrected chi connectivity index (χ2v) is 3.90. The maximum atomic E-state index is 10.9. The third-order valence-electron chi connectivity index (χ3n) is 2.14. The minimum Gasteiger partial charge on any atom is -0.478 e. The Kier molecular flexibility index (Phi) is 2.43. The van der Waals surface area contributed by atoms with E-state index in [2.05, 4.69) is 0 Å². The van der Waals surface area contributed by atoms with E-state index in [-0.39, 0.29) is 5.56 Å². The Balaban J connectivity index is 2.52. The molecule has 2 rings (SSSR count). The van der Waals surface area contributed by atoms with Crippen LogP contribution in [0.25, 0.3) is 11.1 Å². The molecular formula is C11H9NO2S. The summed E-state index contributed by atoms with van der Waals surface area (Å²) in [6.45, 7) is 0. The lowest BCUT2D eigenvalue weighted by atomic mass is 10.0. The number of nitrogen functional groups attached to an aromatic ring is 1. The molecule has 1 heterocycles. The molecule has 15 heavy (non-hydrogen) atoms. The van der Waals surface area contributed by atoms with Crippen molar-refractivity contribution in [1.29, 1.82) is 0 Å². The number of rotatable bonds is 2. The van der Waals surface area contributed by atoms with Gasteiger partial charge in [-0.25, -0.2) is 4.79 Å². The fourth-order valence-corrected chi connectivity index (χ4v) is 2.01. The highest BCUT2D eigenvalue weighted by molar-refractivity contribution is 7.08. The van der Waals surface area contributed by atoms with Gasteiger partial charge in [-0.15, -0.1) is 0 Å². The van der Waals surface area contributed by atoms with Crippen molar-refractivity contribution in [2.75, 3.05) is 5.73 Å². The van der Waals surface area contributed by atoms with Gasteiger partial charge in [0.25, 0.3) is 0 Å². The number of benzene rings is 1. The van der Waals surface area contributed by atoms with Crippen LogP contribution >= 0.6 is 11.3 Å². The minimum absolute atomic E-state index is 0.152. The normalized spacial score (nSPS) is 10.1. The number of carboxylic acid groups (broad SMARTS) is 1. The van der Waals surface area contributed by atoms with Crippen molar-refractivity contribution in [2.45, 2.75) is 0 Å². The third kappa shape index (κ3) is 1.85. The van der Waals surface area contributed by atoms with E-state index < -0.39 is 5.97 Å². The van der Waals surface area contributed by atoms with Crippen molar-refractivity contribution in [1.82, 2.24) is 0 Å². The van der Waals surface area contributed by atoms with Crippen molar-refractivity contribution < 1.29 is 9.90 Å². The largest absolute Gasteiger partial charge is 0.478 e. The van der Waals surface area contributed by atoms with Crippen LogP contribution in [0.1, 0.15) is 10.4 Å². The van der Waals surface area contributed by atoms with E-state index in [0.717, 1.165) is 11.1 Å². The van der Waals surface area contributed by atoms with Crippen LogP contribution in [0.3, 0.4) is 0 Å². The maximum absolute atomic E-state index is 10.9. The molecule has 1 aromatic heterocycles. The molecule has 0 fully saturated rings. The van der Waals surface area contributed by atoms with Gasteiger partial charge in [-0.3, -0.25) is 0 Å². The zero-order valence-electron chi connectivity index (χ0n) is 7.81. The smallest absolute Gasteiger partial charge is 0.337 e. The van der Waals surface area contributed by atoms with Crippen molar-refractivity contribution in [3.8, 4) is 11.1 Å². The zero-order chi connectivity index (χ0) is 10.8. The van der Waals surface area contributed by atoms with E-state index in [1.54, 1.807) is 23.5 Å². The van der Waals surface area contributed by atoms with Gasteiger partial charge < -0.3 is 10.8 Å². The predicted molar refractivity (Wildman–Crippen MR) is 61.1 cm³/mol. The molecular weight excluding hydrogens is 210 g/mol. The van der Waals surface area contributed by atoms with Crippen LogP contribution in [0.4, 0.5) is 5.69 Å². The molecule has 0 amide bonds. The van der Waals surface area contributed by atoms with Crippen molar-refractivity contribution in [3.63, 3.8) is 0 Å². The van der Waals surface area contributed by atoms with Gasteiger partial charge in [0.05, 0.1) is 5.56 Å². The van der Waals surface area contributed by atoms with E-state index in [9.17, 15) is 4.79 Å². The first-order valence-electron chi connectivity index (χ1n) is 4.34. The fourth-order valence-electron chi connectivity index (χ4n) is 1.35. The van der Waals surface area contributed by atoms with E-state index in [1.165, 1.54) is 0 Å². The third-order valence-corrected chi connectivity index (χ3v) is 2.82. The molecule has 0 saturated carbocycles. The van der Waals surface area contributed by atoms with E-state index in [1.807, 2.05) is 22.9 Å². The van der Waals surface area contributed by atoms with Crippen LogP contribution < -0.4 is 5.73 Å². The summed E-state index contributed by atoms with van der Waals surface area (Å²) in [6.07, 6.45) is 0. The molecule has 0 aliphatic rings. The molecule has 0 aliphatic carbocycles. The molecule has 0 radical (unpaired) electrons. The van der Waals surface area contributed by atoms with Crippen LogP contribution in [-0.2, 0) is 0 Å². The second-order valence-electron chi connectivity index (χ2n) is 3.12. The number of hydrogen-bond donors (Lipinski definition) is 2. The molecule has 1 aromatic carbocycles. The standard InChI is InChI=1S/C11H9NO2S/c12-10-2-1-7(5-9(10)11(13)14)8-3-4-15-6-8/h1-6H,12H2,(H,13,14). The van der Waals surface area contributed by atoms with Gasteiger partial charge >= 0.3 is 5.97 Å². The highest BCUT2D eigenvalue weighted by atomic mass is 32.1. The molecule has 3 nitrogen and oxygen atoms in total. The summed E-state index contributed by atoms with van der Waals surface area (Å²) >= 11 is 1.57. The monoisotopic (exact) mass is 219 g/mol. The average molecular weight is 219 g/mol. The quantitative estimate of drug-likeness (QED) is 0.763. The zero-order valence-corrected chi connectivity index (χ0v) is 8.62. The Labute approximate surface area is 90.8 Å². The second kappa shape index (κ2) is 3.74. The maximum Gasteiger partial charge on any atom is 0.337 e. The first-order valence-corrected chi connectivity index (χ1v) is 5.28. The highest BCUT2D eigenvalue weighted by Gasteiger charge is 2.09. The Hall–Kier alpha value is -1.81. The summed E-state index contributed by atoms with van der Waals surface area (Å²) in [5, 5.41) is 12.8. The van der Waals surface area contributed by atoms with Crippen LogP contribution in [0.5, 0.6) is 0 Å². The van der Waals surface area contributed by atoms with Gasteiger partial charge in [-0.05, 0) is 40.1 Å². The molecule has 3 N–H and O–H groups in total. The van der Waals surface area contributed by atoms with Crippen LogP contribution in [0, 0.1) is 0 Å². The Morgan fingerprint density at radius 2 is 2.07 bits per heavy atom. The van der Waals surface area contributed by atoms with Gasteiger partial charge in [0.2, 0.25) is 0 Å². The SMILES string of the molecule is Nc1ccc(-c2ccsc2)cc1C(=O)O. The summed E-state index contributed by atoms with van der Waals surface area (Å²) in [6, 6.07) is 6.99. The summed E-state index contributed by atoms with van der Waals surface area (Å²) in [4.78, 5) is 10.9. The highest BCUT2D eigenvalue weighted by Crippen LogP contribution is 2.25. The van der Waals surface area contributed by atoms with Gasteiger partial charge in [-0.2, -0.15) is 11.3 Å². The summed E-state index contributed by atoms with van der Waals surface area (Å²) in [7, 11) is 0. The summed E-state index contributed by atoms with van der Waals surface area (Å²) in [5.74, 6) is -0.996. The van der Waals surface area contributed by atoms with Crippen LogP contribution in [-0.4, -0.2) is 11.1 Å². The molecule has 0 aliphatic heterocycles. The number of nitrogens with two attached hydrogens (primary N) is 1. The van der Waals surface area contributed by atoms with Gasteiger partial charge in [0.1, 0.15) is 0 Å². The van der Waals surface area contributed by atoms with Crippen LogP contribution in [0.15, 0.2) is 35.0 Å². The summed E-state index contributed by atoms with van der Waals surface area (Å²) < 4.78 is 0. The number of hydrogen-bond acceptors (Lipinski definition) is 3. The number of carbonyl (C=O) groups is 1. The average Bonchev–Trinajstić information content (AvgIpc) is 2.71. The predicted octanol–water partition coefficient (Wildman–Crippen LogP) is 2.70. The minimum atomic E-state index is -0.996. The summed E-state index contributed by atoms with van der Waals surface area (Å²) in [5.41, 5.74) is 7.90. The lowest BCUT2D eigenvalue weighted by Crippen LogP contribution is -2.02. The van der Waals surface area contributed by atoms with Crippen molar-refractivity contribution >= 4 is 23.0 Å². The Bertz CT molecular complexity index is 491. The number of thiophene rings is 1.